The van der Waals surface area contributed by atoms with Gasteiger partial charge in [-0.2, -0.15) is 0 Å². The number of ketones is 3. The summed E-state index contributed by atoms with van der Waals surface area (Å²) in [7, 11) is 5.65. The van der Waals surface area contributed by atoms with Crippen LogP contribution in [0.25, 0.3) is 0 Å². The van der Waals surface area contributed by atoms with Gasteiger partial charge in [-0.15, -0.1) is 0 Å². The first kappa shape index (κ1) is 60.3. The summed E-state index contributed by atoms with van der Waals surface area (Å²) in [5, 5.41) is 42.0. The van der Waals surface area contributed by atoms with Crippen LogP contribution in [0.3, 0.4) is 0 Å². The summed E-state index contributed by atoms with van der Waals surface area (Å²) in [6.07, 6.45) is -7.51. The highest BCUT2D eigenvalue weighted by Gasteiger charge is 2.55. The van der Waals surface area contributed by atoms with Gasteiger partial charge in [0.1, 0.15) is 48.2 Å². The average molecular weight is 1130 g/mol. The van der Waals surface area contributed by atoms with Gasteiger partial charge in [0.05, 0.1) is 55.8 Å². The Labute approximate surface area is 467 Å². The number of hydrogen-bond acceptors (Lipinski definition) is 21. The van der Waals surface area contributed by atoms with Crippen LogP contribution < -0.4 is 15.4 Å². The lowest BCUT2D eigenvalue weighted by molar-refractivity contribution is -0.256. The Morgan fingerprint density at radius 1 is 0.877 bits per heavy atom. The van der Waals surface area contributed by atoms with E-state index >= 15 is 0 Å². The maximum absolute atomic E-state index is 14.3. The minimum Gasteiger partial charge on any atom is -0.507 e. The highest BCUT2D eigenvalue weighted by atomic mass is 16.7. The number of benzene rings is 3. The lowest BCUT2D eigenvalue weighted by Crippen LogP contribution is -2.55. The Hall–Kier alpha value is -6.81. The second kappa shape index (κ2) is 26.0. The van der Waals surface area contributed by atoms with Gasteiger partial charge in [-0.05, 0) is 43.5 Å². The molecule has 5 aliphatic rings. The molecule has 3 saturated heterocycles. The number of morpholine rings is 1. The maximum atomic E-state index is 14.3. The van der Waals surface area contributed by atoms with Crippen LogP contribution in [0.2, 0.25) is 0 Å². The SMILES string of the molecule is CCOCCOCC(=O)NC(C(=O)Nc1ccc(COC(=O)N(C)CCN(C)C(=O)OCC(=O)[C@]2(O)Cc3c(O)c4c(c(O)c3[C@@H](O[C@H]3C[C@H]5[C@H](O[C@@H]6[C@@H](OC)OCCN65)[C@H](C)O3)C2)C(=O)c2c(OC)cccc2C4=O)cc1)C(C)C. The van der Waals surface area contributed by atoms with Crippen molar-refractivity contribution in [2.45, 2.75) is 108 Å². The third-order valence-corrected chi connectivity index (χ3v) is 15.1. The van der Waals surface area contributed by atoms with Crippen LogP contribution in [-0.4, -0.2) is 208 Å². The number of carbonyl (C=O) groups is 7. The Balaban J connectivity index is 0.885. The van der Waals surface area contributed by atoms with E-state index in [9.17, 15) is 48.9 Å². The standard InChI is InChI=1S/C56H71N5O20/c1-9-74-21-22-75-28-39(63)58-45(29(2)3)51(68)57-32-15-13-31(14-16-32)26-77-54(69)59(5)17-18-60(6)55(70)78-27-38(62)56(71)24-34-42(49(67)44-43(47(34)65)46(64)33-11-10-12-36(72-7)41(33)48(44)66)37(25-56)80-40-23-35-50(30(4)79-40)81-52-53(73-8)76-20-19-61(35)52/h10-16,29-30,35,37,40,45,50,52-53,65,67,71H,9,17-28H2,1-8H3,(H,57,68)(H,58,63)/t30-,35-,37-,40-,45?,50+,52+,53-,56-/m0/s1. The Kier molecular flexibility index (Phi) is 19.3. The largest absolute Gasteiger partial charge is 0.507 e. The quantitative estimate of drug-likeness (QED) is 0.0557. The van der Waals surface area contributed by atoms with Crippen LogP contribution in [0.1, 0.15) is 95.2 Å². The molecule has 0 bridgehead atoms. The van der Waals surface area contributed by atoms with E-state index < -0.39 is 132 Å². The molecule has 0 radical (unpaired) electrons. The fourth-order valence-corrected chi connectivity index (χ4v) is 10.7. The fourth-order valence-electron chi connectivity index (χ4n) is 10.7. The number of aromatic hydroxyl groups is 2. The third kappa shape index (κ3) is 13.0. The normalized spacial score (nSPS) is 24.1. The molecule has 25 nitrogen and oxygen atoms in total. The van der Waals surface area contributed by atoms with Gasteiger partial charge in [0.15, 0.2) is 31.2 Å². The van der Waals surface area contributed by atoms with E-state index in [1.807, 2.05) is 6.92 Å². The molecule has 81 heavy (non-hydrogen) atoms. The number of phenols is 2. The zero-order chi connectivity index (χ0) is 58.4. The van der Waals surface area contributed by atoms with E-state index in [0.717, 1.165) is 4.90 Å². The molecular weight excluding hydrogens is 1060 g/mol. The van der Waals surface area contributed by atoms with E-state index in [0.29, 0.717) is 37.6 Å². The first-order valence-electron chi connectivity index (χ1n) is 26.8. The summed E-state index contributed by atoms with van der Waals surface area (Å²) in [5.74, 6) is -5.15. The highest BCUT2D eigenvalue weighted by Crippen LogP contribution is 2.53. The van der Waals surface area contributed by atoms with E-state index in [-0.39, 0.29) is 79.3 Å². The molecule has 5 N–H and O–H groups in total. The van der Waals surface area contributed by atoms with Crippen molar-refractivity contribution in [2.24, 2.45) is 5.92 Å². The molecule has 3 aliphatic heterocycles. The minimum atomic E-state index is -2.45. The number of nitrogens with zero attached hydrogens (tertiary/aromatic N) is 3. The van der Waals surface area contributed by atoms with Crippen molar-refractivity contribution in [3.8, 4) is 17.2 Å². The summed E-state index contributed by atoms with van der Waals surface area (Å²) in [5.41, 5.74) is -3.08. The van der Waals surface area contributed by atoms with Gasteiger partial charge in [-0.25, -0.2) is 9.59 Å². The van der Waals surface area contributed by atoms with Crippen LogP contribution in [0.5, 0.6) is 17.2 Å². The molecule has 3 aromatic carbocycles. The summed E-state index contributed by atoms with van der Waals surface area (Å²) >= 11 is 0. The van der Waals surface area contributed by atoms with Crippen molar-refractivity contribution in [1.29, 1.82) is 0 Å². The molecule has 3 fully saturated rings. The van der Waals surface area contributed by atoms with Crippen molar-refractivity contribution in [2.75, 3.05) is 92.9 Å². The molecule has 4 amide bonds. The molecule has 3 heterocycles. The highest BCUT2D eigenvalue weighted by molar-refractivity contribution is 6.31. The summed E-state index contributed by atoms with van der Waals surface area (Å²) in [6.45, 7) is 7.80. The van der Waals surface area contributed by atoms with Crippen molar-refractivity contribution in [3.05, 3.63) is 81.4 Å². The van der Waals surface area contributed by atoms with E-state index in [1.54, 1.807) is 45.0 Å². The predicted octanol–water partition coefficient (Wildman–Crippen LogP) is 3.19. The lowest BCUT2D eigenvalue weighted by Gasteiger charge is -2.43. The van der Waals surface area contributed by atoms with Gasteiger partial charge in [0.25, 0.3) is 0 Å². The molecule has 0 spiro atoms. The molecule has 0 aromatic heterocycles. The van der Waals surface area contributed by atoms with Crippen LogP contribution in [0.4, 0.5) is 15.3 Å². The number of hydrogen-bond donors (Lipinski definition) is 5. The van der Waals surface area contributed by atoms with E-state index in [4.69, 9.17) is 47.4 Å². The molecular formula is C56H71N5O20. The Bertz CT molecular complexity index is 2850. The van der Waals surface area contributed by atoms with Crippen LogP contribution in [0.15, 0.2) is 42.5 Å². The molecule has 3 aromatic rings. The van der Waals surface area contributed by atoms with Crippen LogP contribution >= 0.6 is 0 Å². The number of amides is 4. The molecule has 1 unspecified atom stereocenters. The topological polar surface area (TPSA) is 306 Å². The third-order valence-electron chi connectivity index (χ3n) is 15.1. The number of Topliss-reactive ketones (excluding diaryl/α,β-unsaturated/α-hetero) is 1. The smallest absolute Gasteiger partial charge is 0.409 e. The molecule has 2 aliphatic carbocycles. The van der Waals surface area contributed by atoms with Crippen molar-refractivity contribution in [1.82, 2.24) is 20.0 Å². The summed E-state index contributed by atoms with van der Waals surface area (Å²) in [6, 6.07) is 9.80. The zero-order valence-corrected chi connectivity index (χ0v) is 46.6. The number of rotatable bonds is 22. The monoisotopic (exact) mass is 1130 g/mol. The number of aliphatic hydroxyl groups is 1. The number of methoxy groups -OCH3 is 2. The first-order valence-corrected chi connectivity index (χ1v) is 26.8. The van der Waals surface area contributed by atoms with Crippen molar-refractivity contribution < 1.29 is 96.2 Å². The fraction of sp³-hybridized carbons (Fsp3) is 0.554. The molecule has 25 heteroatoms. The number of ether oxygens (including phenoxy) is 10. The number of carbonyl (C=O) groups excluding carboxylic acids is 7. The first-order chi connectivity index (χ1) is 38.7. The molecule has 9 atom stereocenters. The van der Waals surface area contributed by atoms with Gasteiger partial charge < -0.3 is 83.1 Å². The number of nitrogens with one attached hydrogen (secondary N) is 2. The maximum Gasteiger partial charge on any atom is 0.409 e. The molecule has 8 rings (SSSR count). The second-order valence-electron chi connectivity index (χ2n) is 20.8. The molecule has 440 valence electrons. The van der Waals surface area contributed by atoms with Gasteiger partial charge in [-0.3, -0.25) is 28.9 Å². The van der Waals surface area contributed by atoms with Crippen molar-refractivity contribution >= 4 is 47.0 Å². The minimum absolute atomic E-state index is 0.0314. The van der Waals surface area contributed by atoms with Gasteiger partial charge in [0, 0.05) is 95.1 Å². The zero-order valence-electron chi connectivity index (χ0n) is 46.6. The van der Waals surface area contributed by atoms with Crippen LogP contribution in [-0.2, 0) is 70.0 Å². The summed E-state index contributed by atoms with van der Waals surface area (Å²) < 4.78 is 57.3. The number of phenolic OH excluding ortho intramolecular Hbond substituents is 2. The number of likely N-dealkylation sites (N-methyl/N-ethyl adjacent to an activating group) is 2. The second-order valence-corrected chi connectivity index (χ2v) is 20.8. The van der Waals surface area contributed by atoms with E-state index in [1.165, 1.54) is 51.4 Å². The van der Waals surface area contributed by atoms with Crippen molar-refractivity contribution in [3.63, 3.8) is 0 Å². The Morgan fingerprint density at radius 3 is 2.25 bits per heavy atom. The van der Waals surface area contributed by atoms with Gasteiger partial charge >= 0.3 is 12.2 Å². The predicted molar refractivity (Wildman–Crippen MR) is 283 cm³/mol. The van der Waals surface area contributed by atoms with E-state index in [2.05, 4.69) is 15.5 Å². The van der Waals surface area contributed by atoms with Gasteiger partial charge in [-0.1, -0.05) is 38.1 Å². The number of fused-ring (bicyclic) bond motifs is 6. The Morgan fingerprint density at radius 2 is 1.57 bits per heavy atom. The average Bonchev–Trinajstić information content (AvgIpc) is 3.41. The van der Waals surface area contributed by atoms with Gasteiger partial charge in [0.2, 0.25) is 23.4 Å². The number of anilines is 1. The molecule has 0 saturated carbocycles. The summed E-state index contributed by atoms with van der Waals surface area (Å²) in [4.78, 5) is 98.9. The van der Waals surface area contributed by atoms with Crippen LogP contribution in [0, 0.1) is 5.92 Å². The lowest BCUT2D eigenvalue weighted by atomic mass is 9.72.